The summed E-state index contributed by atoms with van der Waals surface area (Å²) in [4.78, 5) is 26.2. The lowest BCUT2D eigenvalue weighted by Crippen LogP contribution is -2.48. The highest BCUT2D eigenvalue weighted by molar-refractivity contribution is 5.98. The zero-order valence-corrected chi connectivity index (χ0v) is 10.9. The van der Waals surface area contributed by atoms with Crippen molar-refractivity contribution in [1.29, 1.82) is 0 Å². The van der Waals surface area contributed by atoms with Crippen molar-refractivity contribution in [2.24, 2.45) is 0 Å². The number of carbonyl (C=O) groups is 2. The Hall–Kier alpha value is -2.00. The van der Waals surface area contributed by atoms with Gasteiger partial charge < -0.3 is 15.5 Å². The molecule has 0 fully saturated rings. The first-order valence-corrected chi connectivity index (χ1v) is 5.82. The number of carbonyl (C=O) groups excluding carboxylic acids is 2. The van der Waals surface area contributed by atoms with Gasteiger partial charge in [-0.25, -0.2) is 0 Å². The van der Waals surface area contributed by atoms with Crippen LogP contribution in [-0.2, 0) is 11.0 Å². The largest absolute Gasteiger partial charge is 0.433 e. The molecule has 1 heterocycles. The minimum absolute atomic E-state index is 0.209. The van der Waals surface area contributed by atoms with Crippen LogP contribution in [0.5, 0.6) is 0 Å². The van der Waals surface area contributed by atoms with Gasteiger partial charge >= 0.3 is 6.18 Å². The van der Waals surface area contributed by atoms with Gasteiger partial charge in [-0.15, -0.1) is 0 Å². The molecule has 1 rings (SSSR count). The predicted octanol–water partition coefficient (Wildman–Crippen LogP) is 0.141. The van der Waals surface area contributed by atoms with Crippen LogP contribution in [0.15, 0.2) is 18.3 Å². The van der Waals surface area contributed by atoms with Crippen LogP contribution in [0.2, 0.25) is 0 Å². The summed E-state index contributed by atoms with van der Waals surface area (Å²) >= 11 is 0. The maximum absolute atomic E-state index is 12.3. The van der Waals surface area contributed by atoms with Gasteiger partial charge in [-0.2, -0.15) is 13.2 Å². The van der Waals surface area contributed by atoms with Crippen molar-refractivity contribution in [2.45, 2.75) is 25.2 Å². The Labute approximate surface area is 117 Å². The lowest BCUT2D eigenvalue weighted by molar-refractivity contribution is -0.141. The van der Waals surface area contributed by atoms with Crippen molar-refractivity contribution in [2.75, 3.05) is 6.61 Å². The molecule has 0 saturated heterocycles. The van der Waals surface area contributed by atoms with Crippen molar-refractivity contribution in [1.82, 2.24) is 10.3 Å². The number of amides is 1. The average Bonchev–Trinajstić information content (AvgIpc) is 2.42. The number of rotatable bonds is 5. The van der Waals surface area contributed by atoms with E-state index in [9.17, 15) is 27.9 Å². The molecule has 6 nitrogen and oxygen atoms in total. The highest BCUT2D eigenvalue weighted by Gasteiger charge is 2.32. The molecule has 1 aromatic heterocycles. The summed E-state index contributed by atoms with van der Waals surface area (Å²) in [5, 5.41) is 20.2. The van der Waals surface area contributed by atoms with Crippen LogP contribution >= 0.6 is 0 Å². The number of nitrogens with one attached hydrogen (secondary N) is 1. The van der Waals surface area contributed by atoms with E-state index in [0.717, 1.165) is 6.07 Å². The summed E-state index contributed by atoms with van der Waals surface area (Å²) in [5.74, 6) is -1.71. The van der Waals surface area contributed by atoms with Crippen LogP contribution in [0.4, 0.5) is 13.2 Å². The number of aliphatic hydroxyl groups is 2. The first-order chi connectivity index (χ1) is 9.66. The van der Waals surface area contributed by atoms with E-state index in [2.05, 4.69) is 10.3 Å². The summed E-state index contributed by atoms with van der Waals surface area (Å²) in [6, 6.07) is 0.165. The smallest absolute Gasteiger partial charge is 0.391 e. The Morgan fingerprint density at radius 2 is 2.00 bits per heavy atom. The molecule has 0 saturated carbocycles. The third kappa shape index (κ3) is 4.50. The molecule has 0 aliphatic carbocycles. The summed E-state index contributed by atoms with van der Waals surface area (Å²) in [7, 11) is 0. The number of hydrogen-bond acceptors (Lipinski definition) is 5. The lowest BCUT2D eigenvalue weighted by atomic mass is 10.1. The molecule has 116 valence electrons. The molecule has 9 heteroatoms. The zero-order valence-electron chi connectivity index (χ0n) is 10.9. The molecule has 0 radical (unpaired) electrons. The summed E-state index contributed by atoms with van der Waals surface area (Å²) in [6.07, 6.45) is -5.18. The Bertz CT molecular complexity index is 514. The monoisotopic (exact) mass is 306 g/mol. The van der Waals surface area contributed by atoms with Gasteiger partial charge in [0.2, 0.25) is 0 Å². The normalized spacial score (nSPS) is 14.4. The van der Waals surface area contributed by atoms with E-state index in [1.165, 1.54) is 6.92 Å². The second kappa shape index (κ2) is 6.64. The van der Waals surface area contributed by atoms with Gasteiger partial charge in [-0.1, -0.05) is 0 Å². The fourth-order valence-corrected chi connectivity index (χ4v) is 1.49. The number of ketones is 1. The molecule has 1 amide bonds. The highest BCUT2D eigenvalue weighted by atomic mass is 19.4. The van der Waals surface area contributed by atoms with Crippen molar-refractivity contribution < 1.29 is 33.0 Å². The number of alkyl halides is 3. The van der Waals surface area contributed by atoms with E-state index in [4.69, 9.17) is 5.11 Å². The van der Waals surface area contributed by atoms with Crippen molar-refractivity contribution in [3.05, 3.63) is 29.6 Å². The van der Waals surface area contributed by atoms with E-state index < -0.39 is 42.3 Å². The number of hydrogen-bond donors (Lipinski definition) is 3. The highest BCUT2D eigenvalue weighted by Crippen LogP contribution is 2.27. The molecule has 3 N–H and O–H groups in total. The quantitative estimate of drug-likeness (QED) is 0.718. The van der Waals surface area contributed by atoms with Gasteiger partial charge in [0.1, 0.15) is 18.3 Å². The molecular weight excluding hydrogens is 293 g/mol. The molecule has 0 spiro atoms. The number of aromatic nitrogens is 1. The second-order valence-electron chi connectivity index (χ2n) is 4.25. The molecule has 0 aliphatic rings. The summed E-state index contributed by atoms with van der Waals surface area (Å²) in [5.41, 5.74) is -1.36. The van der Waals surface area contributed by atoms with E-state index in [-0.39, 0.29) is 5.56 Å². The van der Waals surface area contributed by atoms with Crippen LogP contribution in [0.1, 0.15) is 23.0 Å². The number of halogens is 3. The van der Waals surface area contributed by atoms with Gasteiger partial charge in [0.15, 0.2) is 5.78 Å². The fraction of sp³-hybridized carbons (Fsp3) is 0.417. The van der Waals surface area contributed by atoms with E-state index >= 15 is 0 Å². The van der Waals surface area contributed by atoms with Crippen LogP contribution in [0.25, 0.3) is 0 Å². The average molecular weight is 306 g/mol. The molecule has 0 unspecified atom stereocenters. The van der Waals surface area contributed by atoms with E-state index in [1.54, 1.807) is 0 Å². The van der Waals surface area contributed by atoms with E-state index in [1.807, 2.05) is 0 Å². The van der Waals surface area contributed by atoms with Crippen molar-refractivity contribution in [3.8, 4) is 0 Å². The van der Waals surface area contributed by atoms with Gasteiger partial charge in [0, 0.05) is 6.20 Å². The third-order valence-corrected chi connectivity index (χ3v) is 2.59. The predicted molar refractivity (Wildman–Crippen MR) is 64.3 cm³/mol. The van der Waals surface area contributed by atoms with Gasteiger partial charge in [0.05, 0.1) is 11.7 Å². The number of Topliss-reactive ketones (excluding diaryl/α,β-unsaturated/α-hetero) is 1. The zero-order chi connectivity index (χ0) is 16.2. The first kappa shape index (κ1) is 17.1. The Morgan fingerprint density at radius 3 is 2.38 bits per heavy atom. The van der Waals surface area contributed by atoms with Gasteiger partial charge in [-0.05, 0) is 19.1 Å². The molecule has 21 heavy (non-hydrogen) atoms. The van der Waals surface area contributed by atoms with E-state index in [0.29, 0.717) is 12.3 Å². The molecule has 2 atom stereocenters. The maximum atomic E-state index is 12.3. The molecule has 0 aromatic carbocycles. The SMILES string of the molecule is C[C@@H](O)[C@H](NC(=O)c1ccc(C(F)(F)F)nc1)C(=O)CO. The second-order valence-corrected chi connectivity index (χ2v) is 4.25. The molecule has 0 aliphatic heterocycles. The molecular formula is C12H13F3N2O4. The van der Waals surface area contributed by atoms with Gasteiger partial charge in [0.25, 0.3) is 5.91 Å². The minimum Gasteiger partial charge on any atom is -0.391 e. The fourth-order valence-electron chi connectivity index (χ4n) is 1.49. The number of nitrogens with zero attached hydrogens (tertiary/aromatic N) is 1. The molecule has 0 bridgehead atoms. The Balaban J connectivity index is 2.86. The number of aliphatic hydroxyl groups excluding tert-OH is 2. The maximum Gasteiger partial charge on any atom is 0.433 e. The summed E-state index contributed by atoms with van der Waals surface area (Å²) < 4.78 is 37.0. The van der Waals surface area contributed by atoms with Crippen molar-refractivity contribution >= 4 is 11.7 Å². The summed E-state index contributed by atoms with van der Waals surface area (Å²) in [6.45, 7) is 0.338. The minimum atomic E-state index is -4.62. The Morgan fingerprint density at radius 1 is 1.38 bits per heavy atom. The van der Waals surface area contributed by atoms with Crippen molar-refractivity contribution in [3.63, 3.8) is 0 Å². The van der Waals surface area contributed by atoms with Crippen LogP contribution < -0.4 is 5.32 Å². The van der Waals surface area contributed by atoms with Crippen LogP contribution in [0, 0.1) is 0 Å². The van der Waals surface area contributed by atoms with Crippen LogP contribution in [-0.4, -0.2) is 45.6 Å². The third-order valence-electron chi connectivity index (χ3n) is 2.59. The molecule has 1 aromatic rings. The topological polar surface area (TPSA) is 99.5 Å². The lowest BCUT2D eigenvalue weighted by Gasteiger charge is -2.19. The standard InChI is InChI=1S/C12H13F3N2O4/c1-6(19)10(8(20)5-18)17-11(21)7-2-3-9(16-4-7)12(13,14)15/h2-4,6,10,18-19H,5H2,1H3,(H,17,21)/t6-,10+/m1/s1. The van der Waals surface area contributed by atoms with Gasteiger partial charge in [-0.3, -0.25) is 14.6 Å². The first-order valence-electron chi connectivity index (χ1n) is 5.82. The number of pyridine rings is 1. The Kier molecular flexibility index (Phi) is 5.39. The van der Waals surface area contributed by atoms with Crippen LogP contribution in [0.3, 0.4) is 0 Å².